The highest BCUT2D eigenvalue weighted by molar-refractivity contribution is 6.23. The van der Waals surface area contributed by atoms with E-state index in [1.165, 1.54) is 19.2 Å². The number of likely N-dealkylation sites (tertiary alicyclic amines) is 1. The normalized spacial score (nSPS) is 21.6. The number of carbonyl (C=O) groups is 5. The molecule has 9 nitrogen and oxygen atoms in total. The summed E-state index contributed by atoms with van der Waals surface area (Å²) in [6.45, 7) is 1.52. The minimum Gasteiger partial charge on any atom is -0.468 e. The number of hydrogen-bond acceptors (Lipinski definition) is 7. The lowest BCUT2D eigenvalue weighted by Gasteiger charge is -2.36. The zero-order valence-corrected chi connectivity index (χ0v) is 15.6. The van der Waals surface area contributed by atoms with Crippen LogP contribution < -0.4 is 5.73 Å². The monoisotopic (exact) mass is 387 g/mol. The predicted molar refractivity (Wildman–Crippen MR) is 95.8 cm³/mol. The lowest BCUT2D eigenvalue weighted by Crippen LogP contribution is -2.58. The summed E-state index contributed by atoms with van der Waals surface area (Å²) in [5.41, 5.74) is 6.28. The van der Waals surface area contributed by atoms with Crippen molar-refractivity contribution in [2.45, 2.75) is 31.8 Å². The Morgan fingerprint density at radius 2 is 1.75 bits per heavy atom. The van der Waals surface area contributed by atoms with Crippen molar-refractivity contribution in [3.63, 3.8) is 0 Å². The van der Waals surface area contributed by atoms with Crippen LogP contribution in [0.3, 0.4) is 0 Å². The van der Waals surface area contributed by atoms with Crippen LogP contribution in [-0.4, -0.2) is 65.1 Å². The van der Waals surface area contributed by atoms with Gasteiger partial charge in [0.2, 0.25) is 5.91 Å². The summed E-state index contributed by atoms with van der Waals surface area (Å²) in [4.78, 5) is 64.1. The molecule has 0 aromatic heterocycles. The molecule has 2 aliphatic heterocycles. The van der Waals surface area contributed by atoms with Gasteiger partial charge in [0.15, 0.2) is 0 Å². The summed E-state index contributed by atoms with van der Waals surface area (Å²) in [5.74, 6) is -3.38. The Balaban J connectivity index is 1.81. The molecule has 1 aromatic rings. The summed E-state index contributed by atoms with van der Waals surface area (Å²) in [7, 11) is 1.20. The van der Waals surface area contributed by atoms with Gasteiger partial charge in [-0.15, -0.1) is 0 Å². The maximum Gasteiger partial charge on any atom is 0.322 e. The Morgan fingerprint density at radius 3 is 2.29 bits per heavy atom. The molecule has 3 atom stereocenters. The van der Waals surface area contributed by atoms with Crippen molar-refractivity contribution >= 4 is 29.6 Å². The van der Waals surface area contributed by atoms with Crippen LogP contribution in [0.1, 0.15) is 40.5 Å². The number of hydrogen-bond donors (Lipinski definition) is 1. The molecule has 1 fully saturated rings. The highest BCUT2D eigenvalue weighted by atomic mass is 16.5. The highest BCUT2D eigenvalue weighted by Crippen LogP contribution is 2.29. The van der Waals surface area contributed by atoms with E-state index in [1.54, 1.807) is 19.1 Å². The molecule has 4 amide bonds. The molecule has 28 heavy (non-hydrogen) atoms. The topological polar surface area (TPSA) is 127 Å². The standard InChI is InChI=1S/C19H21N3O6/c1-10(15(20)19(27)28-2)9-21-14(23)8-7-13(18(21)26)22-16(24)11-5-3-4-6-12(11)17(22)25/h3-6,10,13,15H,7-9,20H2,1-2H3/t10?,13-,15?/m0/s1. The van der Waals surface area contributed by atoms with Gasteiger partial charge in [-0.1, -0.05) is 19.1 Å². The third kappa shape index (κ3) is 3.18. The molecule has 0 radical (unpaired) electrons. The van der Waals surface area contributed by atoms with Crippen molar-refractivity contribution in [1.29, 1.82) is 0 Å². The van der Waals surface area contributed by atoms with E-state index < -0.39 is 47.6 Å². The van der Waals surface area contributed by atoms with E-state index in [2.05, 4.69) is 4.74 Å². The molecule has 2 aliphatic rings. The fourth-order valence-electron chi connectivity index (χ4n) is 3.51. The number of amides is 4. The third-order valence-corrected chi connectivity index (χ3v) is 5.18. The van der Waals surface area contributed by atoms with Gasteiger partial charge in [0.25, 0.3) is 17.7 Å². The van der Waals surface area contributed by atoms with Crippen molar-refractivity contribution in [2.24, 2.45) is 11.7 Å². The number of fused-ring (bicyclic) bond motifs is 1. The molecule has 0 saturated carbocycles. The van der Waals surface area contributed by atoms with Crippen LogP contribution in [0.15, 0.2) is 24.3 Å². The van der Waals surface area contributed by atoms with Crippen LogP contribution in [0.5, 0.6) is 0 Å². The van der Waals surface area contributed by atoms with E-state index in [0.29, 0.717) is 0 Å². The van der Waals surface area contributed by atoms with Crippen molar-refractivity contribution < 1.29 is 28.7 Å². The minimum absolute atomic E-state index is 0.00396. The first-order chi connectivity index (χ1) is 13.3. The Kier molecular flexibility index (Phi) is 5.28. The molecule has 1 saturated heterocycles. The number of ether oxygens (including phenoxy) is 1. The number of rotatable bonds is 5. The summed E-state index contributed by atoms with van der Waals surface area (Å²) in [6, 6.07) is 4.27. The maximum atomic E-state index is 13.0. The molecule has 2 N–H and O–H groups in total. The molecule has 0 spiro atoms. The number of imide groups is 2. The third-order valence-electron chi connectivity index (χ3n) is 5.18. The quantitative estimate of drug-likeness (QED) is 0.554. The van der Waals surface area contributed by atoms with Gasteiger partial charge in [-0.25, -0.2) is 0 Å². The van der Waals surface area contributed by atoms with Crippen molar-refractivity contribution in [1.82, 2.24) is 9.80 Å². The van der Waals surface area contributed by atoms with Gasteiger partial charge < -0.3 is 10.5 Å². The number of benzene rings is 1. The molecule has 148 valence electrons. The van der Waals surface area contributed by atoms with Gasteiger partial charge >= 0.3 is 5.97 Å². The molecule has 2 unspecified atom stereocenters. The van der Waals surface area contributed by atoms with Crippen molar-refractivity contribution in [2.75, 3.05) is 13.7 Å². The van der Waals surface area contributed by atoms with Crippen molar-refractivity contribution in [3.8, 4) is 0 Å². The average molecular weight is 387 g/mol. The molecular formula is C19H21N3O6. The van der Waals surface area contributed by atoms with Gasteiger partial charge in [-0.3, -0.25) is 33.8 Å². The number of carbonyl (C=O) groups excluding carboxylic acids is 5. The fourth-order valence-corrected chi connectivity index (χ4v) is 3.51. The molecule has 0 aliphatic carbocycles. The minimum atomic E-state index is -1.06. The Labute approximate surface area is 161 Å². The van der Waals surface area contributed by atoms with Gasteiger partial charge in [0, 0.05) is 18.9 Å². The van der Waals surface area contributed by atoms with E-state index in [0.717, 1.165) is 9.80 Å². The molecular weight excluding hydrogens is 366 g/mol. The number of nitrogens with zero attached hydrogens (tertiary/aromatic N) is 2. The van der Waals surface area contributed by atoms with E-state index >= 15 is 0 Å². The first-order valence-corrected chi connectivity index (χ1v) is 8.92. The van der Waals surface area contributed by atoms with Crippen LogP contribution in [-0.2, 0) is 19.1 Å². The van der Waals surface area contributed by atoms with Crippen LogP contribution >= 0.6 is 0 Å². The summed E-state index contributed by atoms with van der Waals surface area (Å²) in [6.07, 6.45) is 0.0705. The van der Waals surface area contributed by atoms with Gasteiger partial charge in [-0.2, -0.15) is 0 Å². The van der Waals surface area contributed by atoms with Crippen LogP contribution in [0.2, 0.25) is 0 Å². The van der Waals surface area contributed by atoms with E-state index in [1.807, 2.05) is 0 Å². The second kappa shape index (κ2) is 7.51. The van der Waals surface area contributed by atoms with Crippen LogP contribution in [0.25, 0.3) is 0 Å². The maximum absolute atomic E-state index is 13.0. The largest absolute Gasteiger partial charge is 0.468 e. The van der Waals surface area contributed by atoms with E-state index in [-0.39, 0.29) is 30.5 Å². The number of nitrogens with two attached hydrogens (primary N) is 1. The second-order valence-electron chi connectivity index (χ2n) is 6.95. The first-order valence-electron chi connectivity index (χ1n) is 8.92. The summed E-state index contributed by atoms with van der Waals surface area (Å²) >= 11 is 0. The Morgan fingerprint density at radius 1 is 1.18 bits per heavy atom. The lowest BCUT2D eigenvalue weighted by atomic mass is 9.97. The van der Waals surface area contributed by atoms with Gasteiger partial charge in [0.1, 0.15) is 12.1 Å². The van der Waals surface area contributed by atoms with E-state index in [9.17, 15) is 24.0 Å². The fraction of sp³-hybridized carbons (Fsp3) is 0.421. The zero-order valence-electron chi connectivity index (χ0n) is 15.6. The molecule has 3 rings (SSSR count). The summed E-state index contributed by atoms with van der Waals surface area (Å²) in [5, 5.41) is 0. The second-order valence-corrected chi connectivity index (χ2v) is 6.95. The zero-order chi connectivity index (χ0) is 20.6. The molecule has 0 bridgehead atoms. The van der Waals surface area contributed by atoms with Crippen LogP contribution in [0, 0.1) is 5.92 Å². The SMILES string of the molecule is COC(=O)C(N)C(C)CN1C(=O)CC[C@H](N2C(=O)c3ccccc3C2=O)C1=O. The van der Waals surface area contributed by atoms with E-state index in [4.69, 9.17) is 5.73 Å². The summed E-state index contributed by atoms with van der Waals surface area (Å²) < 4.78 is 4.59. The lowest BCUT2D eigenvalue weighted by molar-refractivity contribution is -0.154. The molecule has 9 heteroatoms. The Bertz CT molecular complexity index is 832. The van der Waals surface area contributed by atoms with Crippen LogP contribution in [0.4, 0.5) is 0 Å². The number of methoxy groups -OCH3 is 1. The van der Waals surface area contributed by atoms with Gasteiger partial charge in [0.05, 0.1) is 18.2 Å². The first kappa shape index (κ1) is 19.7. The predicted octanol–water partition coefficient (Wildman–Crippen LogP) is -0.0634. The number of piperidine rings is 1. The highest BCUT2D eigenvalue weighted by Gasteiger charge is 2.47. The number of esters is 1. The average Bonchev–Trinajstić information content (AvgIpc) is 2.95. The molecule has 1 aromatic carbocycles. The van der Waals surface area contributed by atoms with Crippen molar-refractivity contribution in [3.05, 3.63) is 35.4 Å². The Hall–Kier alpha value is -3.07. The smallest absolute Gasteiger partial charge is 0.322 e. The molecule has 2 heterocycles. The van der Waals surface area contributed by atoms with Gasteiger partial charge in [-0.05, 0) is 18.6 Å².